The highest BCUT2D eigenvalue weighted by Crippen LogP contribution is 2.42. The van der Waals surface area contributed by atoms with Crippen molar-refractivity contribution in [1.29, 1.82) is 0 Å². The van der Waals surface area contributed by atoms with Crippen LogP contribution in [0.4, 0.5) is 11.4 Å². The Morgan fingerprint density at radius 3 is 2.48 bits per heavy atom. The summed E-state index contributed by atoms with van der Waals surface area (Å²) in [4.78, 5) is 27.7. The van der Waals surface area contributed by atoms with Crippen LogP contribution >= 0.6 is 23.1 Å². The number of thiophene rings is 1. The predicted molar refractivity (Wildman–Crippen MR) is 122 cm³/mol. The fourth-order valence-corrected chi connectivity index (χ4v) is 5.43. The summed E-state index contributed by atoms with van der Waals surface area (Å²) in [5.41, 5.74) is 5.05. The van der Waals surface area contributed by atoms with Crippen LogP contribution in [-0.4, -0.2) is 17.6 Å². The minimum Gasteiger partial charge on any atom is -0.326 e. The van der Waals surface area contributed by atoms with Crippen molar-refractivity contribution in [2.75, 3.05) is 16.0 Å². The molecule has 1 atom stereocenters. The fraction of sp³-hybridized carbons (Fsp3) is 0.217. The Hall–Kier alpha value is -2.57. The van der Waals surface area contributed by atoms with Gasteiger partial charge < -0.3 is 5.32 Å². The van der Waals surface area contributed by atoms with Crippen molar-refractivity contribution in [2.45, 2.75) is 25.6 Å². The summed E-state index contributed by atoms with van der Waals surface area (Å²) in [6.45, 7) is 4.10. The van der Waals surface area contributed by atoms with E-state index in [1.165, 1.54) is 0 Å². The summed E-state index contributed by atoms with van der Waals surface area (Å²) in [6.07, 6.45) is 0.382. The largest absolute Gasteiger partial charge is 0.326 e. The fourth-order valence-electron chi connectivity index (χ4n) is 3.55. The Balaban J connectivity index is 1.50. The van der Waals surface area contributed by atoms with Crippen LogP contribution in [0.15, 0.2) is 60.0 Å². The number of carbonyl (C=O) groups is 2. The molecule has 0 bridgehead atoms. The molecule has 148 valence electrons. The molecule has 29 heavy (non-hydrogen) atoms. The lowest BCUT2D eigenvalue weighted by Gasteiger charge is -2.25. The van der Waals surface area contributed by atoms with Gasteiger partial charge in [0.25, 0.3) is 0 Å². The van der Waals surface area contributed by atoms with E-state index in [2.05, 4.69) is 23.5 Å². The molecule has 1 fully saturated rings. The van der Waals surface area contributed by atoms with Gasteiger partial charge in [0.2, 0.25) is 11.8 Å². The molecule has 1 aliphatic rings. The average Bonchev–Trinajstić information content (AvgIpc) is 3.31. The van der Waals surface area contributed by atoms with Gasteiger partial charge in [0, 0.05) is 16.3 Å². The number of anilines is 2. The molecule has 0 aliphatic carbocycles. The molecule has 4 nitrogen and oxygen atoms in total. The van der Waals surface area contributed by atoms with Gasteiger partial charge in [0.05, 0.1) is 12.2 Å². The number of thioether (sulfide) groups is 1. The second-order valence-electron chi connectivity index (χ2n) is 7.20. The lowest BCUT2D eigenvalue weighted by Crippen LogP contribution is -2.28. The highest BCUT2D eigenvalue weighted by atomic mass is 32.2. The van der Waals surface area contributed by atoms with Gasteiger partial charge in [0.1, 0.15) is 5.37 Å². The smallest absolute Gasteiger partial charge is 0.238 e. The van der Waals surface area contributed by atoms with Crippen LogP contribution in [0.2, 0.25) is 0 Å². The lowest BCUT2D eigenvalue weighted by molar-refractivity contribution is -0.116. The van der Waals surface area contributed by atoms with Crippen molar-refractivity contribution in [3.63, 3.8) is 0 Å². The summed E-state index contributed by atoms with van der Waals surface area (Å²) >= 11 is 3.21. The van der Waals surface area contributed by atoms with Gasteiger partial charge in [-0.1, -0.05) is 24.3 Å². The van der Waals surface area contributed by atoms with Crippen molar-refractivity contribution in [3.8, 4) is 0 Å². The number of carbonyl (C=O) groups excluding carboxylic acids is 2. The number of aryl methyl sites for hydroxylation is 2. The monoisotopic (exact) mass is 422 g/mol. The molecule has 2 aromatic carbocycles. The first kappa shape index (κ1) is 19.7. The highest BCUT2D eigenvalue weighted by molar-refractivity contribution is 8.00. The number of rotatable bonds is 5. The standard InChI is InChI=1S/C23H22N2O2S2/c1-15-10-16(2)12-19(11-15)25-22(27)14-29-23(25)17-5-7-18(8-6-17)24-21(26)13-20-4-3-9-28-20/h3-12,23H,13-14H2,1-2H3,(H,24,26). The van der Waals surface area contributed by atoms with Crippen molar-refractivity contribution in [2.24, 2.45) is 0 Å². The maximum atomic E-state index is 12.6. The number of hydrogen-bond acceptors (Lipinski definition) is 4. The molecule has 1 unspecified atom stereocenters. The Labute approximate surface area is 178 Å². The molecule has 1 aromatic heterocycles. The van der Waals surface area contributed by atoms with Crippen LogP contribution in [0.1, 0.15) is 26.9 Å². The van der Waals surface area contributed by atoms with E-state index in [9.17, 15) is 9.59 Å². The summed E-state index contributed by atoms with van der Waals surface area (Å²) in [5, 5.41) is 4.86. The average molecular weight is 423 g/mol. The predicted octanol–water partition coefficient (Wildman–Crippen LogP) is 5.32. The molecule has 3 aromatic rings. The molecule has 4 rings (SSSR count). The number of benzene rings is 2. The van der Waals surface area contributed by atoms with E-state index in [0.29, 0.717) is 12.2 Å². The number of hydrogen-bond donors (Lipinski definition) is 1. The van der Waals surface area contributed by atoms with Crippen LogP contribution in [0.25, 0.3) is 0 Å². The molecule has 2 heterocycles. The maximum Gasteiger partial charge on any atom is 0.238 e. The molecule has 1 aliphatic heterocycles. The van der Waals surface area contributed by atoms with Crippen molar-refractivity contribution in [3.05, 3.63) is 81.5 Å². The van der Waals surface area contributed by atoms with Gasteiger partial charge in [-0.3, -0.25) is 14.5 Å². The van der Waals surface area contributed by atoms with Crippen LogP contribution in [0.3, 0.4) is 0 Å². The molecule has 1 saturated heterocycles. The van der Waals surface area contributed by atoms with Gasteiger partial charge >= 0.3 is 0 Å². The van der Waals surface area contributed by atoms with Crippen LogP contribution in [0, 0.1) is 13.8 Å². The molecule has 0 saturated carbocycles. The molecule has 0 radical (unpaired) electrons. The zero-order chi connectivity index (χ0) is 20.4. The maximum absolute atomic E-state index is 12.6. The van der Waals surface area contributed by atoms with E-state index >= 15 is 0 Å². The van der Waals surface area contributed by atoms with Crippen LogP contribution < -0.4 is 10.2 Å². The second-order valence-corrected chi connectivity index (χ2v) is 9.30. The van der Waals surface area contributed by atoms with Crippen molar-refractivity contribution >= 4 is 46.3 Å². The van der Waals surface area contributed by atoms with E-state index in [1.54, 1.807) is 23.1 Å². The van der Waals surface area contributed by atoms with E-state index in [-0.39, 0.29) is 17.2 Å². The van der Waals surface area contributed by atoms with Gasteiger partial charge in [-0.25, -0.2) is 0 Å². The summed E-state index contributed by atoms with van der Waals surface area (Å²) in [7, 11) is 0. The van der Waals surface area contributed by atoms with Crippen molar-refractivity contribution in [1.82, 2.24) is 0 Å². The third-order valence-electron chi connectivity index (χ3n) is 4.75. The van der Waals surface area contributed by atoms with E-state index in [4.69, 9.17) is 0 Å². The first-order valence-corrected chi connectivity index (χ1v) is 11.4. The third-order valence-corrected chi connectivity index (χ3v) is 6.84. The lowest BCUT2D eigenvalue weighted by atomic mass is 10.1. The minimum atomic E-state index is -0.0560. The van der Waals surface area contributed by atoms with Crippen molar-refractivity contribution < 1.29 is 9.59 Å². The highest BCUT2D eigenvalue weighted by Gasteiger charge is 2.34. The van der Waals surface area contributed by atoms with Gasteiger partial charge in [0.15, 0.2) is 0 Å². The summed E-state index contributed by atoms with van der Waals surface area (Å²) < 4.78 is 0. The Morgan fingerprint density at radius 2 is 1.83 bits per heavy atom. The first-order chi connectivity index (χ1) is 14.0. The topological polar surface area (TPSA) is 49.4 Å². The van der Waals surface area contributed by atoms with E-state index in [1.807, 2.05) is 60.5 Å². The zero-order valence-electron chi connectivity index (χ0n) is 16.3. The quantitative estimate of drug-likeness (QED) is 0.605. The molecule has 0 spiro atoms. The second kappa shape index (κ2) is 8.43. The minimum absolute atomic E-state index is 0.0255. The SMILES string of the molecule is Cc1cc(C)cc(N2C(=O)CSC2c2ccc(NC(=O)Cc3cccs3)cc2)c1. The van der Waals surface area contributed by atoms with Gasteiger partial charge in [-0.05, 0) is 66.2 Å². The number of nitrogens with zero attached hydrogens (tertiary/aromatic N) is 1. The van der Waals surface area contributed by atoms with Gasteiger partial charge in [-0.2, -0.15) is 0 Å². The van der Waals surface area contributed by atoms with Gasteiger partial charge in [-0.15, -0.1) is 23.1 Å². The zero-order valence-corrected chi connectivity index (χ0v) is 18.0. The Bertz CT molecular complexity index is 1010. The van der Waals surface area contributed by atoms with E-state index in [0.717, 1.165) is 32.9 Å². The van der Waals surface area contributed by atoms with E-state index < -0.39 is 0 Å². The van der Waals surface area contributed by atoms with Crippen LogP contribution in [-0.2, 0) is 16.0 Å². The van der Waals surface area contributed by atoms with Crippen LogP contribution in [0.5, 0.6) is 0 Å². The molecule has 2 amide bonds. The molecular weight excluding hydrogens is 400 g/mol. The summed E-state index contributed by atoms with van der Waals surface area (Å²) in [6, 6.07) is 17.9. The number of nitrogens with one attached hydrogen (secondary N) is 1. The normalized spacial score (nSPS) is 16.3. The molecular formula is C23H22N2O2S2. The number of amides is 2. The Kier molecular flexibility index (Phi) is 5.74. The Morgan fingerprint density at radius 1 is 1.10 bits per heavy atom. The summed E-state index contributed by atoms with van der Waals surface area (Å²) in [5.74, 6) is 0.567. The first-order valence-electron chi connectivity index (χ1n) is 9.44. The third kappa shape index (κ3) is 4.54. The molecule has 1 N–H and O–H groups in total. The molecule has 6 heteroatoms.